The molecule has 1 atom stereocenters. The number of pyridine rings is 1. The summed E-state index contributed by atoms with van der Waals surface area (Å²) in [6.45, 7) is 12.0. The van der Waals surface area contributed by atoms with Crippen molar-refractivity contribution in [3.63, 3.8) is 0 Å². The topological polar surface area (TPSA) is 79.7 Å². The van der Waals surface area contributed by atoms with Gasteiger partial charge < -0.3 is 4.98 Å². The third-order valence-electron chi connectivity index (χ3n) is 6.76. The quantitative estimate of drug-likeness (QED) is 0.328. The molecule has 0 saturated carbocycles. The van der Waals surface area contributed by atoms with Crippen molar-refractivity contribution in [1.29, 1.82) is 0 Å². The number of nitrogens with zero attached hydrogens (tertiary/aromatic N) is 5. The minimum atomic E-state index is -0.197. The molecule has 34 heavy (non-hydrogen) atoms. The summed E-state index contributed by atoms with van der Waals surface area (Å²) >= 11 is 1.73. The fourth-order valence-electron chi connectivity index (χ4n) is 4.32. The zero-order valence-corrected chi connectivity index (χ0v) is 21.5. The molecule has 0 fully saturated rings. The third-order valence-corrected chi connectivity index (χ3v) is 7.63. The number of hydrogen-bond donors (Lipinski definition) is 1. The highest BCUT2D eigenvalue weighted by atomic mass is 32.1. The van der Waals surface area contributed by atoms with Crippen molar-refractivity contribution in [2.24, 2.45) is 0 Å². The summed E-state index contributed by atoms with van der Waals surface area (Å²) in [7, 11) is 0. The molecule has 0 spiro atoms. The van der Waals surface area contributed by atoms with Crippen LogP contribution in [0, 0.1) is 0 Å². The van der Waals surface area contributed by atoms with E-state index in [1.807, 2.05) is 16.8 Å². The first-order chi connectivity index (χ1) is 16.4. The van der Waals surface area contributed by atoms with Crippen LogP contribution < -0.4 is 5.56 Å². The second kappa shape index (κ2) is 10.2. The molecule has 4 rings (SSSR count). The van der Waals surface area contributed by atoms with E-state index in [0.717, 1.165) is 48.1 Å². The summed E-state index contributed by atoms with van der Waals surface area (Å²) in [6.07, 6.45) is 2.70. The van der Waals surface area contributed by atoms with Gasteiger partial charge in [0.1, 0.15) is 0 Å². The number of rotatable bonds is 10. The van der Waals surface area contributed by atoms with Crippen molar-refractivity contribution in [3.05, 3.63) is 74.0 Å². The molecular weight excluding hydrogens is 444 g/mol. The Hall–Kier alpha value is -2.84. The van der Waals surface area contributed by atoms with Gasteiger partial charge in [-0.25, -0.2) is 4.68 Å². The molecule has 0 aliphatic carbocycles. The minimum absolute atomic E-state index is 0.0278. The molecule has 0 unspecified atom stereocenters. The molecule has 3 aromatic heterocycles. The summed E-state index contributed by atoms with van der Waals surface area (Å²) in [6, 6.07) is 12.5. The van der Waals surface area contributed by atoms with Crippen LogP contribution in [0.25, 0.3) is 10.9 Å². The van der Waals surface area contributed by atoms with Crippen LogP contribution >= 0.6 is 11.3 Å². The normalized spacial score (nSPS) is 13.1. The molecule has 4 aromatic rings. The fourth-order valence-corrected chi connectivity index (χ4v) is 5.05. The average molecular weight is 479 g/mol. The number of aryl methyl sites for hydroxylation is 1. The summed E-state index contributed by atoms with van der Waals surface area (Å²) in [5.74, 6) is 0.844. The van der Waals surface area contributed by atoms with Crippen molar-refractivity contribution in [2.75, 3.05) is 0 Å². The Balaban J connectivity index is 1.76. The van der Waals surface area contributed by atoms with E-state index in [1.165, 1.54) is 10.4 Å². The van der Waals surface area contributed by atoms with Crippen LogP contribution in [0.3, 0.4) is 0 Å². The van der Waals surface area contributed by atoms with E-state index in [2.05, 4.69) is 89.7 Å². The second-order valence-electron chi connectivity index (χ2n) is 9.42. The van der Waals surface area contributed by atoms with Crippen LogP contribution in [0.1, 0.15) is 75.3 Å². The van der Waals surface area contributed by atoms with Crippen LogP contribution in [-0.2, 0) is 25.0 Å². The highest BCUT2D eigenvalue weighted by Crippen LogP contribution is 2.30. The molecule has 8 heteroatoms. The molecule has 0 bridgehead atoms. The van der Waals surface area contributed by atoms with Gasteiger partial charge in [0.2, 0.25) is 0 Å². The number of tetrazole rings is 1. The smallest absolute Gasteiger partial charge is 0.252 e. The summed E-state index contributed by atoms with van der Waals surface area (Å²) < 4.78 is 1.96. The number of fused-ring (bicyclic) bond motifs is 1. The largest absolute Gasteiger partial charge is 0.322 e. The summed E-state index contributed by atoms with van der Waals surface area (Å²) in [4.78, 5) is 19.7. The van der Waals surface area contributed by atoms with E-state index in [4.69, 9.17) is 0 Å². The molecule has 0 radical (unpaired) electrons. The number of benzene rings is 1. The average Bonchev–Trinajstić information content (AvgIpc) is 3.52. The molecule has 3 heterocycles. The number of hydrogen-bond acceptors (Lipinski definition) is 6. The van der Waals surface area contributed by atoms with Gasteiger partial charge in [-0.3, -0.25) is 9.69 Å². The number of nitrogens with one attached hydrogen (secondary N) is 1. The summed E-state index contributed by atoms with van der Waals surface area (Å²) in [5, 5.41) is 16.0. The van der Waals surface area contributed by atoms with Crippen LogP contribution in [0.15, 0.2) is 46.6 Å². The van der Waals surface area contributed by atoms with Gasteiger partial charge in [-0.1, -0.05) is 32.9 Å². The van der Waals surface area contributed by atoms with Gasteiger partial charge in [-0.15, -0.1) is 16.4 Å². The number of thiophene rings is 1. The Morgan fingerprint density at radius 2 is 1.97 bits per heavy atom. The molecule has 0 aliphatic rings. The monoisotopic (exact) mass is 478 g/mol. The first-order valence-electron chi connectivity index (χ1n) is 12.1. The second-order valence-corrected chi connectivity index (χ2v) is 10.5. The molecule has 7 nitrogen and oxygen atoms in total. The zero-order chi connectivity index (χ0) is 24.3. The highest BCUT2D eigenvalue weighted by Gasteiger charge is 2.31. The molecule has 0 saturated heterocycles. The van der Waals surface area contributed by atoms with E-state index in [1.54, 1.807) is 11.3 Å². The number of H-pyrrole nitrogens is 1. The lowest BCUT2D eigenvalue weighted by Crippen LogP contribution is -2.35. The van der Waals surface area contributed by atoms with Crippen LogP contribution in [0.5, 0.6) is 0 Å². The van der Waals surface area contributed by atoms with Gasteiger partial charge in [-0.2, -0.15) is 0 Å². The van der Waals surface area contributed by atoms with Gasteiger partial charge >= 0.3 is 0 Å². The third kappa shape index (κ3) is 4.98. The van der Waals surface area contributed by atoms with Crippen LogP contribution in [0.2, 0.25) is 0 Å². The standard InChI is InChI=1S/C26H34N6OS/c1-6-18-11-12-22-19(14-18)15-20(25(33)27-22)16-31(17-21-10-9-13-34-21)23(7-2)24-28-29-30-32(24)26(4,5)8-3/h9-15,23H,6-8,16-17H2,1-5H3,(H,27,33)/t23-/m0/s1. The van der Waals surface area contributed by atoms with Gasteiger partial charge in [0.25, 0.3) is 5.56 Å². The maximum atomic E-state index is 13.1. The Labute approximate surface area is 204 Å². The predicted molar refractivity (Wildman–Crippen MR) is 138 cm³/mol. The Kier molecular flexibility index (Phi) is 7.28. The van der Waals surface area contributed by atoms with E-state index >= 15 is 0 Å². The van der Waals surface area contributed by atoms with E-state index in [0.29, 0.717) is 6.54 Å². The maximum absolute atomic E-state index is 13.1. The van der Waals surface area contributed by atoms with Crippen molar-refractivity contribution >= 4 is 22.2 Å². The van der Waals surface area contributed by atoms with Crippen molar-refractivity contribution in [2.45, 2.75) is 78.6 Å². The lowest BCUT2D eigenvalue weighted by atomic mass is 10.0. The fraction of sp³-hybridized carbons (Fsp3) is 0.462. The maximum Gasteiger partial charge on any atom is 0.252 e. The van der Waals surface area contributed by atoms with Gasteiger partial charge in [0.05, 0.1) is 11.6 Å². The van der Waals surface area contributed by atoms with Gasteiger partial charge in [0, 0.05) is 29.0 Å². The Morgan fingerprint density at radius 1 is 1.15 bits per heavy atom. The first-order valence-corrected chi connectivity index (χ1v) is 12.9. The molecule has 0 amide bonds. The first kappa shape index (κ1) is 24.3. The lowest BCUT2D eigenvalue weighted by molar-refractivity contribution is 0.152. The van der Waals surface area contributed by atoms with Gasteiger partial charge in [-0.05, 0) is 84.1 Å². The van der Waals surface area contributed by atoms with Gasteiger partial charge in [0.15, 0.2) is 5.82 Å². The zero-order valence-electron chi connectivity index (χ0n) is 20.7. The predicted octanol–water partition coefficient (Wildman–Crippen LogP) is 5.44. The minimum Gasteiger partial charge on any atom is -0.322 e. The SMILES string of the molecule is CCc1ccc2[nH]c(=O)c(CN(Cc3cccs3)[C@@H](CC)c3nnnn3C(C)(C)CC)cc2c1. The highest BCUT2D eigenvalue weighted by molar-refractivity contribution is 7.09. The molecule has 1 aromatic carbocycles. The molecule has 0 aliphatic heterocycles. The number of aromatic amines is 1. The van der Waals surface area contributed by atoms with Crippen molar-refractivity contribution in [1.82, 2.24) is 30.1 Å². The van der Waals surface area contributed by atoms with E-state index < -0.39 is 0 Å². The van der Waals surface area contributed by atoms with Crippen LogP contribution in [-0.4, -0.2) is 30.1 Å². The molecule has 180 valence electrons. The number of aromatic nitrogens is 5. The van der Waals surface area contributed by atoms with Crippen molar-refractivity contribution < 1.29 is 0 Å². The molecular formula is C26H34N6OS. The summed E-state index contributed by atoms with van der Waals surface area (Å²) in [5.41, 5.74) is 2.64. The molecule has 1 N–H and O–H groups in total. The van der Waals surface area contributed by atoms with Crippen molar-refractivity contribution in [3.8, 4) is 0 Å². The Morgan fingerprint density at radius 3 is 2.65 bits per heavy atom. The lowest BCUT2D eigenvalue weighted by Gasteiger charge is -2.32. The van der Waals surface area contributed by atoms with E-state index in [-0.39, 0.29) is 17.1 Å². The van der Waals surface area contributed by atoms with Crippen LogP contribution in [0.4, 0.5) is 0 Å². The van der Waals surface area contributed by atoms with E-state index in [9.17, 15) is 4.79 Å². The Bertz CT molecular complexity index is 1290.